The van der Waals surface area contributed by atoms with E-state index in [-0.39, 0.29) is 16.9 Å². The Morgan fingerprint density at radius 2 is 2.32 bits per heavy atom. The quantitative estimate of drug-likeness (QED) is 0.613. The zero-order chi connectivity index (χ0) is 13.9. The van der Waals surface area contributed by atoms with Crippen molar-refractivity contribution in [1.82, 2.24) is 0 Å². The summed E-state index contributed by atoms with van der Waals surface area (Å²) >= 11 is 1.44. The molecule has 1 aliphatic carbocycles. The van der Waals surface area contributed by atoms with Crippen molar-refractivity contribution in [2.24, 2.45) is 5.41 Å². The number of thioether (sulfide) groups is 1. The molecule has 19 heavy (non-hydrogen) atoms. The number of nitriles is 1. The number of ether oxygens (including phenoxy) is 1. The summed E-state index contributed by atoms with van der Waals surface area (Å²) in [5, 5.41) is 8.95. The first-order chi connectivity index (χ1) is 9.10. The van der Waals surface area contributed by atoms with E-state index in [1.54, 1.807) is 12.1 Å². The zero-order valence-corrected chi connectivity index (χ0v) is 11.4. The fourth-order valence-corrected chi connectivity index (χ4v) is 3.21. The second kappa shape index (κ2) is 5.62. The molecule has 1 fully saturated rings. The van der Waals surface area contributed by atoms with E-state index in [9.17, 15) is 9.18 Å². The molecule has 0 saturated heterocycles. The molecule has 2 rings (SSSR count). The normalized spacial score (nSPS) is 15.6. The third-order valence-electron chi connectivity index (χ3n) is 3.33. The summed E-state index contributed by atoms with van der Waals surface area (Å²) in [6.45, 7) is 0. The Kier molecular flexibility index (Phi) is 4.11. The summed E-state index contributed by atoms with van der Waals surface area (Å²) < 4.78 is 18.1. The van der Waals surface area contributed by atoms with E-state index in [0.717, 1.165) is 12.8 Å². The number of rotatable bonds is 5. The van der Waals surface area contributed by atoms with Gasteiger partial charge in [-0.25, -0.2) is 4.39 Å². The van der Waals surface area contributed by atoms with Gasteiger partial charge in [-0.15, -0.1) is 11.8 Å². The molecular weight excluding hydrogens is 265 g/mol. The van der Waals surface area contributed by atoms with Crippen molar-refractivity contribution in [2.75, 3.05) is 12.9 Å². The van der Waals surface area contributed by atoms with Gasteiger partial charge < -0.3 is 4.74 Å². The predicted octanol–water partition coefficient (Wildman–Crippen LogP) is 3.13. The number of hydrogen-bond donors (Lipinski definition) is 0. The molecule has 0 radical (unpaired) electrons. The molecular formula is C14H14FNO2S. The van der Waals surface area contributed by atoms with Crippen molar-refractivity contribution in [1.29, 1.82) is 5.26 Å². The molecule has 0 N–H and O–H groups in total. The van der Waals surface area contributed by atoms with Gasteiger partial charge in [0.2, 0.25) is 0 Å². The molecule has 1 aromatic rings. The minimum absolute atomic E-state index is 0.0309. The molecule has 0 unspecified atom stereocenters. The second-order valence-corrected chi connectivity index (χ2v) is 5.78. The molecule has 0 heterocycles. The number of carbonyl (C=O) groups excluding carboxylic acids is 1. The average Bonchev–Trinajstić information content (AvgIpc) is 3.16. The van der Waals surface area contributed by atoms with Crippen LogP contribution in [0, 0.1) is 22.6 Å². The molecule has 0 spiro atoms. The van der Waals surface area contributed by atoms with Crippen molar-refractivity contribution < 1.29 is 13.9 Å². The molecule has 100 valence electrons. The van der Waals surface area contributed by atoms with Gasteiger partial charge in [-0.2, -0.15) is 5.26 Å². The molecule has 1 aromatic carbocycles. The first kappa shape index (κ1) is 13.9. The van der Waals surface area contributed by atoms with Crippen molar-refractivity contribution in [3.63, 3.8) is 0 Å². The maximum atomic E-state index is 13.4. The van der Waals surface area contributed by atoms with E-state index < -0.39 is 5.82 Å². The largest absolute Gasteiger partial charge is 0.469 e. The van der Waals surface area contributed by atoms with E-state index in [1.807, 2.05) is 6.07 Å². The standard InChI is InChI=1S/C14H14FNO2S/c1-18-13(17)7-14(5-6-14)9-19-12-4-2-3-11(15)10(12)8-16/h2-4H,5-7,9H2,1H3. The topological polar surface area (TPSA) is 50.1 Å². The van der Waals surface area contributed by atoms with Crippen molar-refractivity contribution in [3.05, 3.63) is 29.6 Å². The lowest BCUT2D eigenvalue weighted by molar-refractivity contribution is -0.141. The van der Waals surface area contributed by atoms with Gasteiger partial charge in [0.1, 0.15) is 17.4 Å². The smallest absolute Gasteiger partial charge is 0.306 e. The summed E-state index contributed by atoms with van der Waals surface area (Å²) in [5.74, 6) is 0.00316. The Balaban J connectivity index is 2.02. The molecule has 0 bridgehead atoms. The summed E-state index contributed by atoms with van der Waals surface area (Å²) in [7, 11) is 1.38. The molecule has 1 aliphatic rings. The first-order valence-corrected chi connectivity index (χ1v) is 6.97. The number of methoxy groups -OCH3 is 1. The molecule has 1 saturated carbocycles. The lowest BCUT2D eigenvalue weighted by Crippen LogP contribution is -2.13. The number of nitrogens with zero attached hydrogens (tertiary/aromatic N) is 1. The van der Waals surface area contributed by atoms with Crippen molar-refractivity contribution in [2.45, 2.75) is 24.2 Å². The Morgan fingerprint density at radius 1 is 1.58 bits per heavy atom. The number of halogens is 1. The van der Waals surface area contributed by atoms with Crippen LogP contribution in [0.3, 0.4) is 0 Å². The summed E-state index contributed by atoms with van der Waals surface area (Å²) in [5.41, 5.74) is 0.0537. The SMILES string of the molecule is COC(=O)CC1(CSc2cccc(F)c2C#N)CC1. The van der Waals surface area contributed by atoms with Gasteiger partial charge in [0, 0.05) is 10.6 Å². The summed E-state index contributed by atoms with van der Waals surface area (Å²) in [4.78, 5) is 11.9. The van der Waals surface area contributed by atoms with Gasteiger partial charge in [0.15, 0.2) is 0 Å². The molecule has 5 heteroatoms. The second-order valence-electron chi connectivity index (χ2n) is 4.77. The third-order valence-corrected chi connectivity index (χ3v) is 4.73. The van der Waals surface area contributed by atoms with Crippen LogP contribution >= 0.6 is 11.8 Å². The van der Waals surface area contributed by atoms with Gasteiger partial charge in [-0.3, -0.25) is 4.79 Å². The number of carbonyl (C=O) groups is 1. The van der Waals surface area contributed by atoms with Crippen molar-refractivity contribution in [3.8, 4) is 6.07 Å². The maximum Gasteiger partial charge on any atom is 0.306 e. The van der Waals surface area contributed by atoms with Crippen LogP contribution in [0.15, 0.2) is 23.1 Å². The minimum atomic E-state index is -0.495. The van der Waals surface area contributed by atoms with Crippen LogP contribution in [0.5, 0.6) is 0 Å². The fourth-order valence-electron chi connectivity index (χ4n) is 1.89. The summed E-state index contributed by atoms with van der Waals surface area (Å²) in [6.07, 6.45) is 2.35. The van der Waals surface area contributed by atoms with Crippen LogP contribution in [0.2, 0.25) is 0 Å². The number of benzene rings is 1. The average molecular weight is 279 g/mol. The van der Waals surface area contributed by atoms with E-state index in [1.165, 1.54) is 24.9 Å². The zero-order valence-electron chi connectivity index (χ0n) is 10.6. The monoisotopic (exact) mass is 279 g/mol. The highest BCUT2D eigenvalue weighted by molar-refractivity contribution is 7.99. The Labute approximate surface area is 115 Å². The molecule has 0 amide bonds. The first-order valence-electron chi connectivity index (χ1n) is 5.98. The lowest BCUT2D eigenvalue weighted by Gasteiger charge is -2.13. The van der Waals surface area contributed by atoms with E-state index in [0.29, 0.717) is 17.1 Å². The van der Waals surface area contributed by atoms with Crippen LogP contribution in [0.1, 0.15) is 24.8 Å². The van der Waals surface area contributed by atoms with Gasteiger partial charge in [-0.05, 0) is 30.4 Å². The van der Waals surface area contributed by atoms with Crippen LogP contribution < -0.4 is 0 Å². The Bertz CT molecular complexity index is 535. The van der Waals surface area contributed by atoms with Gasteiger partial charge in [0.25, 0.3) is 0 Å². The van der Waals surface area contributed by atoms with Crippen LogP contribution in [-0.2, 0) is 9.53 Å². The van der Waals surface area contributed by atoms with Crippen molar-refractivity contribution >= 4 is 17.7 Å². The Hall–Kier alpha value is -1.54. The molecule has 0 atom stereocenters. The van der Waals surface area contributed by atoms with Crippen LogP contribution in [0.4, 0.5) is 4.39 Å². The fraction of sp³-hybridized carbons (Fsp3) is 0.429. The number of hydrogen-bond acceptors (Lipinski definition) is 4. The van der Waals surface area contributed by atoms with E-state index in [4.69, 9.17) is 5.26 Å². The van der Waals surface area contributed by atoms with E-state index in [2.05, 4.69) is 4.74 Å². The van der Waals surface area contributed by atoms with E-state index >= 15 is 0 Å². The maximum absolute atomic E-state index is 13.4. The molecule has 0 aromatic heterocycles. The van der Waals surface area contributed by atoms with Crippen LogP contribution in [-0.4, -0.2) is 18.8 Å². The molecule has 0 aliphatic heterocycles. The van der Waals surface area contributed by atoms with Gasteiger partial charge in [0.05, 0.1) is 13.5 Å². The lowest BCUT2D eigenvalue weighted by atomic mass is 10.1. The highest BCUT2D eigenvalue weighted by atomic mass is 32.2. The third kappa shape index (κ3) is 3.27. The predicted molar refractivity (Wildman–Crippen MR) is 70.1 cm³/mol. The van der Waals surface area contributed by atoms with Crippen LogP contribution in [0.25, 0.3) is 0 Å². The summed E-state index contributed by atoms with van der Waals surface area (Å²) in [6, 6.07) is 6.50. The molecule has 3 nitrogen and oxygen atoms in total. The highest BCUT2D eigenvalue weighted by Gasteiger charge is 2.44. The Morgan fingerprint density at radius 3 is 2.89 bits per heavy atom. The minimum Gasteiger partial charge on any atom is -0.469 e. The van der Waals surface area contributed by atoms with Gasteiger partial charge in [-0.1, -0.05) is 6.07 Å². The van der Waals surface area contributed by atoms with Gasteiger partial charge >= 0.3 is 5.97 Å². The number of esters is 1. The highest BCUT2D eigenvalue weighted by Crippen LogP contribution is 2.52.